The number of amides is 1. The number of ether oxygens (including phenoxy) is 2. The van der Waals surface area contributed by atoms with Crippen LogP contribution in [0.25, 0.3) is 0 Å². The second-order valence-electron chi connectivity index (χ2n) is 9.74. The van der Waals surface area contributed by atoms with Gasteiger partial charge in [0.25, 0.3) is 0 Å². The monoisotopic (exact) mass is 471 g/mol. The molecule has 0 saturated carbocycles. The third kappa shape index (κ3) is 6.63. The molecule has 3 rings (SSSR count). The van der Waals surface area contributed by atoms with Gasteiger partial charge in [-0.3, -0.25) is 9.80 Å². The standard InChI is InChI=1S/C24H37N7O3/c1-16(32)27-18-11-12-30(14-18)21-20(26-5)22(29-23(28-21)34-15-24(2,3)4)31(25)13-17-7-9-19(33-6)10-8-17/h7-10,18,26H,11-15,25H2,1-6H3,(H,27,32)/t18-/m0/s1. The first kappa shape index (κ1) is 25.4. The molecule has 1 aromatic carbocycles. The maximum absolute atomic E-state index is 11.5. The van der Waals surface area contributed by atoms with E-state index in [0.717, 1.165) is 24.3 Å². The van der Waals surface area contributed by atoms with Gasteiger partial charge in [-0.1, -0.05) is 32.9 Å². The number of benzene rings is 1. The Morgan fingerprint density at radius 2 is 1.97 bits per heavy atom. The average molecular weight is 472 g/mol. The molecule has 10 heteroatoms. The molecule has 1 fully saturated rings. The van der Waals surface area contributed by atoms with Crippen LogP contribution >= 0.6 is 0 Å². The molecule has 1 saturated heterocycles. The number of hydrogen-bond donors (Lipinski definition) is 3. The van der Waals surface area contributed by atoms with E-state index < -0.39 is 0 Å². The first-order valence-electron chi connectivity index (χ1n) is 11.5. The molecule has 1 aliphatic heterocycles. The molecule has 34 heavy (non-hydrogen) atoms. The molecule has 0 aliphatic carbocycles. The number of hydrogen-bond acceptors (Lipinski definition) is 9. The normalized spacial score (nSPS) is 15.7. The molecule has 1 aromatic heterocycles. The Labute approximate surface area is 201 Å². The lowest BCUT2D eigenvalue weighted by molar-refractivity contribution is -0.119. The number of hydrazine groups is 1. The minimum absolute atomic E-state index is 0.0362. The van der Waals surface area contributed by atoms with E-state index in [1.807, 2.05) is 31.3 Å². The van der Waals surface area contributed by atoms with E-state index in [1.165, 1.54) is 6.92 Å². The highest BCUT2D eigenvalue weighted by atomic mass is 16.5. The van der Waals surface area contributed by atoms with Crippen LogP contribution in [-0.4, -0.2) is 55.8 Å². The number of anilines is 3. The van der Waals surface area contributed by atoms with Gasteiger partial charge in [0.1, 0.15) is 11.4 Å². The average Bonchev–Trinajstić information content (AvgIpc) is 3.24. The summed E-state index contributed by atoms with van der Waals surface area (Å²) in [5, 5.41) is 7.81. The molecule has 186 valence electrons. The van der Waals surface area contributed by atoms with Gasteiger partial charge in [0.15, 0.2) is 11.6 Å². The maximum atomic E-state index is 11.5. The zero-order valence-corrected chi connectivity index (χ0v) is 21.0. The van der Waals surface area contributed by atoms with Crippen LogP contribution < -0.4 is 35.9 Å². The molecule has 0 bridgehead atoms. The fourth-order valence-electron chi connectivity index (χ4n) is 3.78. The summed E-state index contributed by atoms with van der Waals surface area (Å²) in [5.41, 5.74) is 1.67. The van der Waals surface area contributed by atoms with E-state index in [9.17, 15) is 4.79 Å². The first-order chi connectivity index (χ1) is 16.1. The van der Waals surface area contributed by atoms with E-state index in [-0.39, 0.29) is 23.4 Å². The molecule has 2 aromatic rings. The Morgan fingerprint density at radius 1 is 1.26 bits per heavy atom. The number of nitrogens with zero attached hydrogens (tertiary/aromatic N) is 4. The predicted molar refractivity (Wildman–Crippen MR) is 134 cm³/mol. The van der Waals surface area contributed by atoms with Crippen LogP contribution in [0, 0.1) is 5.41 Å². The van der Waals surface area contributed by atoms with Crippen molar-refractivity contribution in [3.8, 4) is 11.8 Å². The number of carbonyl (C=O) groups excluding carboxylic acids is 1. The SMILES string of the molecule is CNc1c(N(N)Cc2ccc(OC)cc2)nc(OCC(C)(C)C)nc1N1CC[C@H](NC(C)=O)C1. The number of rotatable bonds is 9. The Balaban J connectivity index is 1.93. The zero-order chi connectivity index (χ0) is 24.9. The van der Waals surface area contributed by atoms with Crippen LogP contribution in [0.2, 0.25) is 0 Å². The molecule has 0 radical (unpaired) electrons. The van der Waals surface area contributed by atoms with Gasteiger partial charge in [-0.25, -0.2) is 5.84 Å². The van der Waals surface area contributed by atoms with Crippen molar-refractivity contribution in [1.29, 1.82) is 0 Å². The molecule has 0 unspecified atom stereocenters. The molecular formula is C24H37N7O3. The largest absolute Gasteiger partial charge is 0.497 e. The van der Waals surface area contributed by atoms with Crippen molar-refractivity contribution in [3.63, 3.8) is 0 Å². The molecule has 4 N–H and O–H groups in total. The minimum atomic E-state index is -0.0546. The van der Waals surface area contributed by atoms with Gasteiger partial charge in [-0.05, 0) is 29.5 Å². The van der Waals surface area contributed by atoms with Crippen molar-refractivity contribution in [3.05, 3.63) is 29.8 Å². The summed E-state index contributed by atoms with van der Waals surface area (Å²) >= 11 is 0. The second kappa shape index (κ2) is 10.8. The summed E-state index contributed by atoms with van der Waals surface area (Å²) in [5.74, 6) is 8.52. The lowest BCUT2D eigenvalue weighted by atomic mass is 9.99. The Hall–Kier alpha value is -3.27. The van der Waals surface area contributed by atoms with Crippen LogP contribution in [0.3, 0.4) is 0 Å². The van der Waals surface area contributed by atoms with Crippen molar-refractivity contribution in [2.24, 2.45) is 11.3 Å². The first-order valence-corrected chi connectivity index (χ1v) is 11.5. The van der Waals surface area contributed by atoms with Crippen LogP contribution in [0.4, 0.5) is 17.3 Å². The van der Waals surface area contributed by atoms with E-state index in [1.54, 1.807) is 12.1 Å². The molecular weight excluding hydrogens is 434 g/mol. The Morgan fingerprint density at radius 3 is 2.56 bits per heavy atom. The predicted octanol–water partition coefficient (Wildman–Crippen LogP) is 2.55. The number of nitrogens with two attached hydrogens (primary N) is 1. The number of aromatic nitrogens is 2. The summed E-state index contributed by atoms with van der Waals surface area (Å²) in [6, 6.07) is 8.07. The van der Waals surface area contributed by atoms with Crippen molar-refractivity contribution in [2.75, 3.05) is 49.1 Å². The quantitative estimate of drug-likeness (QED) is 0.374. The molecule has 1 amide bonds. The van der Waals surface area contributed by atoms with Gasteiger partial charge >= 0.3 is 6.01 Å². The smallest absolute Gasteiger partial charge is 0.320 e. The molecule has 1 aliphatic rings. The maximum Gasteiger partial charge on any atom is 0.320 e. The van der Waals surface area contributed by atoms with Crippen LogP contribution in [0.1, 0.15) is 39.7 Å². The van der Waals surface area contributed by atoms with Crippen molar-refractivity contribution in [2.45, 2.75) is 46.7 Å². The summed E-state index contributed by atoms with van der Waals surface area (Å²) in [7, 11) is 3.46. The molecule has 10 nitrogen and oxygen atoms in total. The Bertz CT molecular complexity index is 976. The van der Waals surface area contributed by atoms with Crippen molar-refractivity contribution in [1.82, 2.24) is 15.3 Å². The summed E-state index contributed by atoms with van der Waals surface area (Å²) in [6.07, 6.45) is 0.832. The van der Waals surface area contributed by atoms with Gasteiger partial charge in [0.05, 0.1) is 20.3 Å². The number of carbonyl (C=O) groups is 1. The lowest BCUT2D eigenvalue weighted by Crippen LogP contribution is -2.36. The number of nitrogens with one attached hydrogen (secondary N) is 2. The van der Waals surface area contributed by atoms with E-state index in [0.29, 0.717) is 37.0 Å². The van der Waals surface area contributed by atoms with Crippen LogP contribution in [0.15, 0.2) is 24.3 Å². The molecule has 0 spiro atoms. The van der Waals surface area contributed by atoms with E-state index >= 15 is 0 Å². The molecule has 1 atom stereocenters. The fourth-order valence-corrected chi connectivity index (χ4v) is 3.78. The summed E-state index contributed by atoms with van der Waals surface area (Å²) in [4.78, 5) is 23.1. The van der Waals surface area contributed by atoms with Gasteiger partial charge in [0, 0.05) is 33.1 Å². The van der Waals surface area contributed by atoms with Crippen molar-refractivity contribution < 1.29 is 14.3 Å². The van der Waals surface area contributed by atoms with Gasteiger partial charge < -0.3 is 25.0 Å². The van der Waals surface area contributed by atoms with E-state index in [2.05, 4.69) is 41.3 Å². The summed E-state index contributed by atoms with van der Waals surface area (Å²) < 4.78 is 11.2. The van der Waals surface area contributed by atoms with Crippen LogP contribution in [-0.2, 0) is 11.3 Å². The minimum Gasteiger partial charge on any atom is -0.497 e. The van der Waals surface area contributed by atoms with Crippen molar-refractivity contribution >= 4 is 23.2 Å². The second-order valence-corrected chi connectivity index (χ2v) is 9.74. The third-order valence-corrected chi connectivity index (χ3v) is 5.41. The van der Waals surface area contributed by atoms with Gasteiger partial charge in [0.2, 0.25) is 5.91 Å². The zero-order valence-electron chi connectivity index (χ0n) is 21.0. The highest BCUT2D eigenvalue weighted by Gasteiger charge is 2.29. The molecule has 2 heterocycles. The number of methoxy groups -OCH3 is 1. The Kier molecular flexibility index (Phi) is 8.03. The lowest BCUT2D eigenvalue weighted by Gasteiger charge is -2.27. The van der Waals surface area contributed by atoms with Gasteiger partial charge in [-0.15, -0.1) is 0 Å². The topological polar surface area (TPSA) is 118 Å². The fraction of sp³-hybridized carbons (Fsp3) is 0.542. The highest BCUT2D eigenvalue weighted by molar-refractivity contribution is 5.79. The summed E-state index contributed by atoms with van der Waals surface area (Å²) in [6.45, 7) is 10.1. The highest BCUT2D eigenvalue weighted by Crippen LogP contribution is 2.36. The van der Waals surface area contributed by atoms with Gasteiger partial charge in [-0.2, -0.15) is 9.97 Å². The third-order valence-electron chi connectivity index (χ3n) is 5.41. The van der Waals surface area contributed by atoms with E-state index in [4.69, 9.17) is 20.3 Å². The van der Waals surface area contributed by atoms with Crippen LogP contribution in [0.5, 0.6) is 11.8 Å².